The maximum Gasteiger partial charge on any atom is 0.407 e. The molecule has 35 heavy (non-hydrogen) atoms. The van der Waals surface area contributed by atoms with Crippen LogP contribution < -0.4 is 10.6 Å². The second-order valence-corrected chi connectivity index (χ2v) is 9.02. The smallest absolute Gasteiger partial charge is 0.407 e. The molecule has 188 valence electrons. The first-order chi connectivity index (χ1) is 17.0. The Kier molecular flexibility index (Phi) is 10.1. The van der Waals surface area contributed by atoms with Gasteiger partial charge in [0, 0.05) is 18.9 Å². The average molecular weight is 481 g/mol. The monoisotopic (exact) mass is 480 g/mol. The van der Waals surface area contributed by atoms with E-state index in [2.05, 4.69) is 29.7 Å². The molecular weight excluding hydrogens is 444 g/mol. The van der Waals surface area contributed by atoms with E-state index in [4.69, 9.17) is 4.74 Å². The number of ether oxygens (including phenoxy) is 1. The van der Waals surface area contributed by atoms with Crippen molar-refractivity contribution >= 4 is 18.0 Å². The van der Waals surface area contributed by atoms with Crippen LogP contribution >= 0.6 is 0 Å². The maximum atomic E-state index is 12.4. The summed E-state index contributed by atoms with van der Waals surface area (Å²) in [6.45, 7) is 2.77. The van der Waals surface area contributed by atoms with Gasteiger partial charge in [-0.15, -0.1) is 0 Å². The van der Waals surface area contributed by atoms with Crippen molar-refractivity contribution in [3.63, 3.8) is 0 Å². The first-order valence-corrected chi connectivity index (χ1v) is 12.6. The summed E-state index contributed by atoms with van der Waals surface area (Å²) < 4.78 is 5.46. The zero-order chi connectivity index (χ0) is 25.0. The molecule has 0 spiro atoms. The van der Waals surface area contributed by atoms with Gasteiger partial charge in [0.05, 0.1) is 0 Å². The number of carboxylic acids is 1. The lowest BCUT2D eigenvalue weighted by atomic mass is 9.98. The van der Waals surface area contributed by atoms with E-state index < -0.39 is 18.1 Å². The van der Waals surface area contributed by atoms with Crippen molar-refractivity contribution in [1.82, 2.24) is 10.6 Å². The van der Waals surface area contributed by atoms with E-state index in [1.54, 1.807) is 0 Å². The van der Waals surface area contributed by atoms with Gasteiger partial charge in [-0.1, -0.05) is 74.7 Å². The topological polar surface area (TPSA) is 105 Å². The van der Waals surface area contributed by atoms with Crippen LogP contribution in [0.3, 0.4) is 0 Å². The zero-order valence-corrected chi connectivity index (χ0v) is 20.4. The lowest BCUT2D eigenvalue weighted by Crippen LogP contribution is -2.41. The third-order valence-corrected chi connectivity index (χ3v) is 6.43. The Hall–Kier alpha value is -3.35. The van der Waals surface area contributed by atoms with Crippen molar-refractivity contribution < 1.29 is 24.2 Å². The van der Waals surface area contributed by atoms with Crippen LogP contribution in [0.1, 0.15) is 75.3 Å². The van der Waals surface area contributed by atoms with Gasteiger partial charge in [0.25, 0.3) is 0 Å². The van der Waals surface area contributed by atoms with Crippen molar-refractivity contribution in [2.45, 2.75) is 70.3 Å². The Morgan fingerprint density at radius 2 is 1.57 bits per heavy atom. The standard InChI is InChI=1S/C28H36N2O5/c1-2-3-4-5-17-26(31)29-18-11-10-16-25(27(32)33)30-28(34)35-19-24-22-14-8-6-12-20(22)21-13-7-9-15-23(21)24/h6-9,12-15,24-25H,2-5,10-11,16-19H2,1H3,(H,29,31)(H,30,34)(H,32,33). The Balaban J connectivity index is 1.40. The second kappa shape index (κ2) is 13.5. The third-order valence-electron chi connectivity index (χ3n) is 6.43. The maximum absolute atomic E-state index is 12.4. The fourth-order valence-electron chi connectivity index (χ4n) is 4.54. The van der Waals surface area contributed by atoms with E-state index >= 15 is 0 Å². The number of carboxylic acid groups (broad SMARTS) is 1. The van der Waals surface area contributed by atoms with Gasteiger partial charge in [0.2, 0.25) is 5.91 Å². The molecule has 0 aliphatic heterocycles. The van der Waals surface area contributed by atoms with Crippen molar-refractivity contribution in [2.75, 3.05) is 13.2 Å². The third kappa shape index (κ3) is 7.57. The van der Waals surface area contributed by atoms with E-state index in [9.17, 15) is 19.5 Å². The highest BCUT2D eigenvalue weighted by Crippen LogP contribution is 2.44. The molecule has 2 aromatic carbocycles. The predicted octanol–water partition coefficient (Wildman–Crippen LogP) is 5.24. The normalized spacial score (nSPS) is 12.9. The van der Waals surface area contributed by atoms with Crippen molar-refractivity contribution in [3.8, 4) is 11.1 Å². The van der Waals surface area contributed by atoms with Crippen LogP contribution in [-0.4, -0.2) is 42.3 Å². The number of alkyl carbamates (subject to hydrolysis) is 1. The molecule has 1 aliphatic rings. The fourth-order valence-corrected chi connectivity index (χ4v) is 4.54. The highest BCUT2D eigenvalue weighted by molar-refractivity contribution is 5.81. The molecule has 3 N–H and O–H groups in total. The lowest BCUT2D eigenvalue weighted by Gasteiger charge is -2.17. The number of carbonyl (C=O) groups excluding carboxylic acids is 2. The average Bonchev–Trinajstić information content (AvgIpc) is 3.18. The molecule has 0 aromatic heterocycles. The molecule has 0 radical (unpaired) electrons. The number of nitrogens with one attached hydrogen (secondary N) is 2. The summed E-state index contributed by atoms with van der Waals surface area (Å²) in [5.74, 6) is -1.15. The van der Waals surface area contributed by atoms with E-state index in [-0.39, 0.29) is 24.9 Å². The van der Waals surface area contributed by atoms with Gasteiger partial charge in [-0.3, -0.25) is 4.79 Å². The number of aliphatic carboxylic acids is 1. The first kappa shape index (κ1) is 26.3. The molecule has 1 atom stereocenters. The van der Waals surface area contributed by atoms with Gasteiger partial charge in [-0.05, 0) is 47.9 Å². The molecule has 1 unspecified atom stereocenters. The molecule has 0 bridgehead atoms. The summed E-state index contributed by atoms with van der Waals surface area (Å²) >= 11 is 0. The molecule has 0 fully saturated rings. The van der Waals surface area contributed by atoms with Gasteiger partial charge >= 0.3 is 12.1 Å². The number of rotatable bonds is 14. The predicted molar refractivity (Wildman–Crippen MR) is 135 cm³/mol. The molecule has 1 aliphatic carbocycles. The number of amides is 2. The summed E-state index contributed by atoms with van der Waals surface area (Å²) in [5, 5.41) is 14.9. The molecule has 0 saturated carbocycles. The molecule has 0 saturated heterocycles. The number of fused-ring (bicyclic) bond motifs is 3. The SMILES string of the molecule is CCCCCCC(=O)NCCCCC(NC(=O)OCC1c2ccccc2-c2ccccc21)C(=O)O. The zero-order valence-electron chi connectivity index (χ0n) is 20.4. The number of carbonyl (C=O) groups is 3. The molecule has 0 heterocycles. The van der Waals surface area contributed by atoms with Crippen molar-refractivity contribution in [1.29, 1.82) is 0 Å². The molecule has 3 rings (SSSR count). The van der Waals surface area contributed by atoms with E-state index in [0.717, 1.165) is 47.9 Å². The van der Waals surface area contributed by atoms with E-state index in [1.165, 1.54) is 0 Å². The van der Waals surface area contributed by atoms with Crippen LogP contribution in [0.15, 0.2) is 48.5 Å². The minimum absolute atomic E-state index is 0.0349. The van der Waals surface area contributed by atoms with Crippen LogP contribution in [0.25, 0.3) is 11.1 Å². The number of unbranched alkanes of at least 4 members (excludes halogenated alkanes) is 4. The van der Waals surface area contributed by atoms with Gasteiger partial charge < -0.3 is 20.5 Å². The molecule has 7 heteroatoms. The minimum Gasteiger partial charge on any atom is -0.480 e. The van der Waals surface area contributed by atoms with Crippen LogP contribution in [0, 0.1) is 0 Å². The van der Waals surface area contributed by atoms with Crippen LogP contribution in [0.2, 0.25) is 0 Å². The Morgan fingerprint density at radius 1 is 0.914 bits per heavy atom. The van der Waals surface area contributed by atoms with Gasteiger partial charge in [-0.25, -0.2) is 9.59 Å². The Bertz CT molecular complexity index is 961. The summed E-state index contributed by atoms with van der Waals surface area (Å²) in [6, 6.07) is 15.1. The van der Waals surface area contributed by atoms with Crippen LogP contribution in [0.5, 0.6) is 0 Å². The molecule has 2 aromatic rings. The fraction of sp³-hybridized carbons (Fsp3) is 0.464. The van der Waals surface area contributed by atoms with Crippen LogP contribution in [-0.2, 0) is 14.3 Å². The van der Waals surface area contributed by atoms with Gasteiger partial charge in [-0.2, -0.15) is 0 Å². The Morgan fingerprint density at radius 3 is 2.20 bits per heavy atom. The summed E-state index contributed by atoms with van der Waals surface area (Å²) in [5.41, 5.74) is 4.47. The van der Waals surface area contributed by atoms with Crippen molar-refractivity contribution in [2.24, 2.45) is 0 Å². The van der Waals surface area contributed by atoms with Gasteiger partial charge in [0.1, 0.15) is 12.6 Å². The van der Waals surface area contributed by atoms with E-state index in [1.807, 2.05) is 36.4 Å². The minimum atomic E-state index is -1.10. The van der Waals surface area contributed by atoms with Crippen LogP contribution in [0.4, 0.5) is 4.79 Å². The summed E-state index contributed by atoms with van der Waals surface area (Å²) in [4.78, 5) is 35.8. The summed E-state index contributed by atoms with van der Waals surface area (Å²) in [7, 11) is 0. The highest BCUT2D eigenvalue weighted by Gasteiger charge is 2.29. The lowest BCUT2D eigenvalue weighted by molar-refractivity contribution is -0.139. The first-order valence-electron chi connectivity index (χ1n) is 12.6. The van der Waals surface area contributed by atoms with Crippen molar-refractivity contribution in [3.05, 3.63) is 59.7 Å². The largest absolute Gasteiger partial charge is 0.480 e. The quantitative estimate of drug-likeness (QED) is 0.321. The molecule has 2 amide bonds. The highest BCUT2D eigenvalue weighted by atomic mass is 16.5. The second-order valence-electron chi connectivity index (χ2n) is 9.02. The van der Waals surface area contributed by atoms with Gasteiger partial charge in [0.15, 0.2) is 0 Å². The van der Waals surface area contributed by atoms with E-state index in [0.29, 0.717) is 25.8 Å². The summed E-state index contributed by atoms with van der Waals surface area (Å²) in [6.07, 6.45) is 5.51. The Labute approximate surface area is 207 Å². The number of hydrogen-bond donors (Lipinski definition) is 3. The number of hydrogen-bond acceptors (Lipinski definition) is 4. The number of benzene rings is 2. The molecular formula is C28H36N2O5. The molecule has 7 nitrogen and oxygen atoms in total.